The van der Waals surface area contributed by atoms with Crippen molar-refractivity contribution in [3.05, 3.63) is 85.1 Å². The van der Waals surface area contributed by atoms with Crippen molar-refractivity contribution < 1.29 is 42.9 Å². The maximum Gasteiger partial charge on any atom is 0.306 e. The molecule has 0 saturated carbocycles. The van der Waals surface area contributed by atoms with Crippen molar-refractivity contribution in [2.24, 2.45) is 0 Å². The molecule has 0 amide bonds. The van der Waals surface area contributed by atoms with Gasteiger partial charge >= 0.3 is 11.9 Å². The molecule has 0 bridgehead atoms. The molecule has 0 aliphatic rings. The summed E-state index contributed by atoms with van der Waals surface area (Å²) in [6.07, 6.45) is 75.2. The summed E-state index contributed by atoms with van der Waals surface area (Å²) in [5.41, 5.74) is 0. The van der Waals surface area contributed by atoms with E-state index in [0.29, 0.717) is 17.4 Å². The Hall–Kier alpha value is -3.53. The number of hydrogen-bond acceptors (Lipinski definition) is 8. The number of rotatable bonds is 58. The predicted octanol–water partition coefficient (Wildman–Crippen LogP) is 17.8. The van der Waals surface area contributed by atoms with Gasteiger partial charge < -0.3 is 33.3 Å². The first-order chi connectivity index (χ1) is 37.6. The third kappa shape index (κ3) is 60.0. The van der Waals surface area contributed by atoms with Gasteiger partial charge in [-0.2, -0.15) is 0 Å². The topological polar surface area (TPSA) is 111 Å². The van der Waals surface area contributed by atoms with E-state index in [1.54, 1.807) is 0 Å². The molecular weight excluding hydrogens is 959 g/mol. The zero-order chi connectivity index (χ0) is 56.2. The molecule has 0 saturated heterocycles. The van der Waals surface area contributed by atoms with Crippen molar-refractivity contribution in [1.29, 1.82) is 0 Å². The number of unbranched alkanes of at least 4 members (excludes halogenated alkanes) is 29. The largest absolute Gasteiger partial charge is 0.545 e. The number of allylic oxidation sites excluding steroid dienone is 14. The van der Waals surface area contributed by atoms with Crippen LogP contribution in [0.2, 0.25) is 0 Å². The lowest BCUT2D eigenvalue weighted by Crippen LogP contribution is -2.44. The van der Waals surface area contributed by atoms with Crippen molar-refractivity contribution in [3.63, 3.8) is 0 Å². The molecule has 0 aromatic heterocycles. The summed E-state index contributed by atoms with van der Waals surface area (Å²) >= 11 is 0. The predicted molar refractivity (Wildman–Crippen MR) is 324 cm³/mol. The van der Waals surface area contributed by atoms with Crippen molar-refractivity contribution in [2.45, 2.75) is 283 Å². The van der Waals surface area contributed by atoms with Gasteiger partial charge in [-0.3, -0.25) is 9.59 Å². The fourth-order valence-electron chi connectivity index (χ4n) is 8.77. The monoisotopic (exact) mass is 1080 g/mol. The van der Waals surface area contributed by atoms with Crippen LogP contribution in [0.25, 0.3) is 0 Å². The van der Waals surface area contributed by atoms with Gasteiger partial charge in [0.15, 0.2) is 12.4 Å². The van der Waals surface area contributed by atoms with Crippen molar-refractivity contribution in [3.8, 4) is 0 Å². The first-order valence-corrected chi connectivity index (χ1v) is 31.7. The number of carbonyl (C=O) groups is 3. The number of aliphatic carboxylic acids is 1. The summed E-state index contributed by atoms with van der Waals surface area (Å²) in [4.78, 5) is 37.2. The van der Waals surface area contributed by atoms with E-state index < -0.39 is 24.3 Å². The van der Waals surface area contributed by atoms with Crippen LogP contribution in [0, 0.1) is 0 Å². The SMILES string of the molecule is CC/C=C\C/C=C\C/C=C\C/C=C\C/C=C\C/C=C\CCCCCCCCCCCCCCCCCCCCCCC(=O)OC(COC(=O)CCCCCCC/C=C\CCCCCC)COC(OCC[N+](C)(C)C)C(=O)[O-]. The summed E-state index contributed by atoms with van der Waals surface area (Å²) in [6, 6.07) is 0. The van der Waals surface area contributed by atoms with E-state index in [4.69, 9.17) is 18.9 Å². The lowest BCUT2D eigenvalue weighted by atomic mass is 10.0. The van der Waals surface area contributed by atoms with E-state index in [0.717, 1.165) is 89.9 Å². The molecule has 9 nitrogen and oxygen atoms in total. The average Bonchev–Trinajstić information content (AvgIpc) is 3.40. The number of hydrogen-bond donors (Lipinski definition) is 0. The highest BCUT2D eigenvalue weighted by atomic mass is 16.7. The third-order valence-electron chi connectivity index (χ3n) is 13.6. The van der Waals surface area contributed by atoms with Gasteiger partial charge in [-0.15, -0.1) is 0 Å². The van der Waals surface area contributed by atoms with Gasteiger partial charge in [0.1, 0.15) is 13.2 Å². The number of carbonyl (C=O) groups excluding carboxylic acids is 3. The minimum atomic E-state index is -1.62. The Balaban J connectivity index is 3.99. The van der Waals surface area contributed by atoms with E-state index in [2.05, 4.69) is 98.9 Å². The van der Waals surface area contributed by atoms with Gasteiger partial charge in [-0.25, -0.2) is 0 Å². The molecule has 77 heavy (non-hydrogen) atoms. The van der Waals surface area contributed by atoms with Crippen LogP contribution in [-0.2, 0) is 33.3 Å². The minimum Gasteiger partial charge on any atom is -0.545 e. The molecule has 0 radical (unpaired) electrons. The van der Waals surface area contributed by atoms with Crippen molar-refractivity contribution >= 4 is 17.9 Å². The summed E-state index contributed by atoms with van der Waals surface area (Å²) in [5, 5.41) is 11.8. The number of likely N-dealkylation sites (N-methyl/N-ethyl adjacent to an activating group) is 1. The first-order valence-electron chi connectivity index (χ1n) is 31.7. The molecule has 2 unspecified atom stereocenters. The Bertz CT molecular complexity index is 1540. The molecule has 0 aliphatic heterocycles. The number of nitrogens with zero attached hydrogens (tertiary/aromatic N) is 1. The highest BCUT2D eigenvalue weighted by Gasteiger charge is 2.22. The first kappa shape index (κ1) is 73.5. The van der Waals surface area contributed by atoms with E-state index in [1.807, 2.05) is 21.1 Å². The van der Waals surface area contributed by atoms with Crippen LogP contribution in [0.4, 0.5) is 0 Å². The Morgan fingerprint density at radius 3 is 1.12 bits per heavy atom. The number of quaternary nitrogens is 1. The van der Waals surface area contributed by atoms with Gasteiger partial charge in [-0.1, -0.05) is 253 Å². The molecule has 0 aliphatic carbocycles. The van der Waals surface area contributed by atoms with Crippen LogP contribution < -0.4 is 5.11 Å². The smallest absolute Gasteiger partial charge is 0.306 e. The fraction of sp³-hybridized carbons (Fsp3) is 0.750. The Morgan fingerprint density at radius 1 is 0.403 bits per heavy atom. The number of ether oxygens (including phenoxy) is 4. The maximum atomic E-state index is 12.9. The van der Waals surface area contributed by atoms with Gasteiger partial charge in [-0.05, 0) is 89.9 Å². The van der Waals surface area contributed by atoms with Gasteiger partial charge in [0.05, 0.1) is 40.3 Å². The second-order valence-corrected chi connectivity index (χ2v) is 22.3. The van der Waals surface area contributed by atoms with Crippen LogP contribution in [0.3, 0.4) is 0 Å². The number of carboxylic acid groups (broad SMARTS) is 1. The van der Waals surface area contributed by atoms with Crippen LogP contribution >= 0.6 is 0 Å². The lowest BCUT2D eigenvalue weighted by molar-refractivity contribution is -0.870. The van der Waals surface area contributed by atoms with Gasteiger partial charge in [0.25, 0.3) is 0 Å². The third-order valence-corrected chi connectivity index (χ3v) is 13.6. The summed E-state index contributed by atoms with van der Waals surface area (Å²) < 4.78 is 22.7. The molecule has 9 heteroatoms. The van der Waals surface area contributed by atoms with Crippen molar-refractivity contribution in [2.75, 3.05) is 47.5 Å². The Labute approximate surface area is 474 Å². The normalized spacial score (nSPS) is 13.3. The highest BCUT2D eigenvalue weighted by Crippen LogP contribution is 2.17. The van der Waals surface area contributed by atoms with E-state index >= 15 is 0 Å². The summed E-state index contributed by atoms with van der Waals surface area (Å²) in [6.45, 7) is 4.62. The van der Waals surface area contributed by atoms with Gasteiger partial charge in [0.2, 0.25) is 0 Å². The second-order valence-electron chi connectivity index (χ2n) is 22.3. The van der Waals surface area contributed by atoms with Crippen LogP contribution in [0.1, 0.15) is 271 Å². The maximum absolute atomic E-state index is 12.9. The summed E-state index contributed by atoms with van der Waals surface area (Å²) in [7, 11) is 5.92. The van der Waals surface area contributed by atoms with Crippen molar-refractivity contribution in [1.82, 2.24) is 0 Å². The Kier molecular flexibility index (Phi) is 55.9. The van der Waals surface area contributed by atoms with Crippen LogP contribution in [0.15, 0.2) is 85.1 Å². The van der Waals surface area contributed by atoms with E-state index in [9.17, 15) is 19.5 Å². The van der Waals surface area contributed by atoms with Crippen LogP contribution in [-0.4, -0.2) is 82.3 Å². The van der Waals surface area contributed by atoms with Gasteiger partial charge in [0, 0.05) is 12.8 Å². The molecule has 0 rings (SSSR count). The molecular formula is C68H119NO8. The molecule has 0 aromatic rings. The second kappa shape index (κ2) is 58.6. The highest BCUT2D eigenvalue weighted by molar-refractivity contribution is 5.70. The van der Waals surface area contributed by atoms with Crippen LogP contribution in [0.5, 0.6) is 0 Å². The minimum absolute atomic E-state index is 0.146. The number of esters is 2. The van der Waals surface area contributed by atoms with E-state index in [-0.39, 0.29) is 38.6 Å². The standard InChI is InChI=1S/C68H119NO8/c1-6-8-10-12-14-16-18-20-21-22-23-24-25-26-27-28-29-30-31-32-33-34-35-36-37-38-39-40-41-42-43-44-45-47-49-51-53-55-57-59-66(71)77-64(63-76-68(67(72)73)74-61-60-69(3,4)5)62-75-65(70)58-56-54-52-50-48-46-19-17-15-13-11-9-7-2/h8,10,14,16-17,19-21,23-24,26-27,29-30,64,68H,6-7,9,11-13,15,18,22,25,28,31-63H2,1-5H3/b10-8-,16-14-,19-17-,21-20-,24-23-,27-26-,30-29-. The summed E-state index contributed by atoms with van der Waals surface area (Å²) in [5.74, 6) is -2.29. The molecule has 0 spiro atoms. The molecule has 0 fully saturated rings. The average molecular weight is 1080 g/mol. The molecule has 0 N–H and O–H groups in total. The molecule has 0 aromatic carbocycles. The fourth-order valence-corrected chi connectivity index (χ4v) is 8.77. The lowest BCUT2D eigenvalue weighted by Gasteiger charge is -2.26. The molecule has 2 atom stereocenters. The number of carboxylic acids is 1. The zero-order valence-electron chi connectivity index (χ0n) is 50.6. The quantitative estimate of drug-likeness (QED) is 0.0195. The Morgan fingerprint density at radius 2 is 0.740 bits per heavy atom. The molecule has 0 heterocycles. The molecule has 444 valence electrons. The van der Waals surface area contributed by atoms with E-state index in [1.165, 1.54) is 148 Å². The zero-order valence-corrected chi connectivity index (χ0v) is 50.6.